The van der Waals surface area contributed by atoms with Crippen LogP contribution in [0.3, 0.4) is 0 Å². The van der Waals surface area contributed by atoms with E-state index in [2.05, 4.69) is 5.32 Å². The van der Waals surface area contributed by atoms with Crippen LogP contribution in [0.2, 0.25) is 10.0 Å². The summed E-state index contributed by atoms with van der Waals surface area (Å²) in [4.78, 5) is 26.2. The highest BCUT2D eigenvalue weighted by Crippen LogP contribution is 2.37. The van der Waals surface area contributed by atoms with E-state index in [1.165, 1.54) is 4.90 Å². The van der Waals surface area contributed by atoms with Crippen LogP contribution in [0.15, 0.2) is 18.2 Å². The molecule has 1 aromatic carbocycles. The molecule has 6 heteroatoms. The molecule has 1 saturated heterocycles. The highest BCUT2D eigenvalue weighted by atomic mass is 35.5. The molecule has 0 bridgehead atoms. The molecule has 1 aromatic rings. The highest BCUT2D eigenvalue weighted by molar-refractivity contribution is 6.36. The molecule has 0 radical (unpaired) electrons. The van der Waals surface area contributed by atoms with Crippen LogP contribution >= 0.6 is 23.2 Å². The molecule has 1 spiro atoms. The van der Waals surface area contributed by atoms with Gasteiger partial charge in [0.15, 0.2) is 0 Å². The van der Waals surface area contributed by atoms with Gasteiger partial charge in [0.2, 0.25) is 5.91 Å². The van der Waals surface area contributed by atoms with E-state index in [1.807, 2.05) is 0 Å². The number of rotatable bonds is 1. The highest BCUT2D eigenvalue weighted by Gasteiger charge is 2.48. The first kappa shape index (κ1) is 13.7. The fraction of sp³-hybridized carbons (Fsp3) is 0.429. The van der Waals surface area contributed by atoms with Gasteiger partial charge in [0, 0.05) is 5.02 Å². The second kappa shape index (κ2) is 4.93. The zero-order valence-corrected chi connectivity index (χ0v) is 12.3. The molecule has 2 fully saturated rings. The van der Waals surface area contributed by atoms with Crippen molar-refractivity contribution in [3.63, 3.8) is 0 Å². The summed E-state index contributed by atoms with van der Waals surface area (Å²) in [5.41, 5.74) is -0.244. The van der Waals surface area contributed by atoms with Crippen molar-refractivity contribution in [2.45, 2.75) is 31.2 Å². The van der Waals surface area contributed by atoms with Gasteiger partial charge in [0.25, 0.3) is 5.91 Å². The van der Waals surface area contributed by atoms with Gasteiger partial charge in [-0.2, -0.15) is 0 Å². The Kier molecular flexibility index (Phi) is 3.38. The molecule has 1 N–H and O–H groups in total. The third kappa shape index (κ3) is 2.17. The van der Waals surface area contributed by atoms with Gasteiger partial charge in [0.1, 0.15) is 12.1 Å². The smallest absolute Gasteiger partial charge is 0.253 e. The first-order valence-electron chi connectivity index (χ1n) is 6.60. The summed E-state index contributed by atoms with van der Waals surface area (Å²) in [6, 6.07) is 4.93. The maximum atomic E-state index is 12.8. The number of piperazine rings is 1. The molecule has 1 saturated carbocycles. The molecule has 20 heavy (non-hydrogen) atoms. The van der Waals surface area contributed by atoms with Crippen LogP contribution in [-0.2, 0) is 9.59 Å². The average molecular weight is 313 g/mol. The van der Waals surface area contributed by atoms with Crippen molar-refractivity contribution in [2.24, 2.45) is 0 Å². The van der Waals surface area contributed by atoms with Crippen LogP contribution in [0.1, 0.15) is 25.7 Å². The second-order valence-corrected chi connectivity index (χ2v) is 6.17. The van der Waals surface area contributed by atoms with Gasteiger partial charge < -0.3 is 5.32 Å². The zero-order chi connectivity index (χ0) is 14.3. The van der Waals surface area contributed by atoms with Gasteiger partial charge in [-0.3, -0.25) is 14.5 Å². The maximum absolute atomic E-state index is 12.8. The second-order valence-electron chi connectivity index (χ2n) is 5.32. The Morgan fingerprint density at radius 2 is 1.85 bits per heavy atom. The molecular formula is C14H14Cl2N2O2. The summed E-state index contributed by atoms with van der Waals surface area (Å²) in [5.74, 6) is -0.235. The van der Waals surface area contributed by atoms with E-state index in [-0.39, 0.29) is 18.4 Å². The number of carbonyl (C=O) groups is 2. The summed E-state index contributed by atoms with van der Waals surface area (Å²) in [5, 5.41) is 3.78. The minimum Gasteiger partial charge on any atom is -0.340 e. The van der Waals surface area contributed by atoms with E-state index in [4.69, 9.17) is 23.2 Å². The summed E-state index contributed by atoms with van der Waals surface area (Å²) >= 11 is 12.1. The molecule has 0 unspecified atom stereocenters. The average Bonchev–Trinajstić information content (AvgIpc) is 2.86. The van der Waals surface area contributed by atoms with Gasteiger partial charge in [0.05, 0.1) is 10.7 Å². The predicted molar refractivity (Wildman–Crippen MR) is 78.2 cm³/mol. The predicted octanol–water partition coefficient (Wildman–Crippen LogP) is 2.77. The van der Waals surface area contributed by atoms with Crippen molar-refractivity contribution in [3.05, 3.63) is 28.2 Å². The summed E-state index contributed by atoms with van der Waals surface area (Å²) in [6.07, 6.45) is 3.27. The van der Waals surface area contributed by atoms with E-state index >= 15 is 0 Å². The number of nitrogens with zero attached hydrogens (tertiary/aromatic N) is 1. The molecular weight excluding hydrogens is 299 g/mol. The number of halogens is 2. The number of hydrogen-bond donors (Lipinski definition) is 1. The van der Waals surface area contributed by atoms with Crippen LogP contribution in [-0.4, -0.2) is 23.9 Å². The van der Waals surface area contributed by atoms with Crippen molar-refractivity contribution in [1.82, 2.24) is 5.32 Å². The van der Waals surface area contributed by atoms with Gasteiger partial charge in [-0.25, -0.2) is 0 Å². The quantitative estimate of drug-likeness (QED) is 0.867. The fourth-order valence-corrected chi connectivity index (χ4v) is 3.42. The van der Waals surface area contributed by atoms with Crippen molar-refractivity contribution >= 4 is 40.7 Å². The SMILES string of the molecule is O=C1CN(c2cc(Cl)ccc2Cl)C(=O)C2(CCCC2)N1. The number of carbonyl (C=O) groups excluding carboxylic acids is 2. The lowest BCUT2D eigenvalue weighted by molar-refractivity contribution is -0.135. The molecule has 4 nitrogen and oxygen atoms in total. The summed E-state index contributed by atoms with van der Waals surface area (Å²) in [7, 11) is 0. The first-order valence-corrected chi connectivity index (χ1v) is 7.35. The first-order chi connectivity index (χ1) is 9.52. The van der Waals surface area contributed by atoms with Gasteiger partial charge in [-0.05, 0) is 31.0 Å². The number of nitrogens with one attached hydrogen (secondary N) is 1. The number of anilines is 1. The molecule has 1 heterocycles. The van der Waals surface area contributed by atoms with Gasteiger partial charge in [-0.1, -0.05) is 36.0 Å². The van der Waals surface area contributed by atoms with Crippen LogP contribution in [0, 0.1) is 0 Å². The van der Waals surface area contributed by atoms with Crippen LogP contribution in [0.25, 0.3) is 0 Å². The van der Waals surface area contributed by atoms with Gasteiger partial charge >= 0.3 is 0 Å². The van der Waals surface area contributed by atoms with Crippen molar-refractivity contribution in [2.75, 3.05) is 11.4 Å². The normalized spacial score (nSPS) is 21.4. The number of hydrogen-bond acceptors (Lipinski definition) is 2. The topological polar surface area (TPSA) is 49.4 Å². The molecule has 0 atom stereocenters. The van der Waals surface area contributed by atoms with E-state index in [0.29, 0.717) is 28.6 Å². The molecule has 2 amide bonds. The molecule has 0 aromatic heterocycles. The Labute approximate surface area is 127 Å². The zero-order valence-electron chi connectivity index (χ0n) is 10.8. The minimum absolute atomic E-state index is 0.0132. The van der Waals surface area contributed by atoms with E-state index in [0.717, 1.165) is 12.8 Å². The number of benzene rings is 1. The monoisotopic (exact) mass is 312 g/mol. The third-order valence-electron chi connectivity index (χ3n) is 3.99. The largest absolute Gasteiger partial charge is 0.340 e. The molecule has 3 rings (SSSR count). The Balaban J connectivity index is 2.02. The van der Waals surface area contributed by atoms with Crippen molar-refractivity contribution in [1.29, 1.82) is 0 Å². The Hall–Kier alpha value is -1.26. The lowest BCUT2D eigenvalue weighted by Gasteiger charge is -2.40. The van der Waals surface area contributed by atoms with Crippen LogP contribution in [0.5, 0.6) is 0 Å². The summed E-state index contributed by atoms with van der Waals surface area (Å²) < 4.78 is 0. The van der Waals surface area contributed by atoms with Crippen molar-refractivity contribution in [3.8, 4) is 0 Å². The molecule has 1 aliphatic carbocycles. The lowest BCUT2D eigenvalue weighted by Crippen LogP contribution is -2.65. The summed E-state index contributed by atoms with van der Waals surface area (Å²) in [6.45, 7) is -0.0132. The van der Waals surface area contributed by atoms with E-state index in [1.54, 1.807) is 18.2 Å². The van der Waals surface area contributed by atoms with Crippen LogP contribution in [0.4, 0.5) is 5.69 Å². The third-order valence-corrected chi connectivity index (χ3v) is 4.55. The fourth-order valence-electron chi connectivity index (χ4n) is 3.04. The Morgan fingerprint density at radius 1 is 1.15 bits per heavy atom. The molecule has 106 valence electrons. The maximum Gasteiger partial charge on any atom is 0.253 e. The van der Waals surface area contributed by atoms with E-state index in [9.17, 15) is 9.59 Å². The Bertz CT molecular complexity index is 583. The van der Waals surface area contributed by atoms with E-state index < -0.39 is 5.54 Å². The van der Waals surface area contributed by atoms with Crippen molar-refractivity contribution < 1.29 is 9.59 Å². The standard InChI is InChI=1S/C14H14Cl2N2O2/c15-9-3-4-10(16)11(7-9)18-8-12(19)17-14(13(18)20)5-1-2-6-14/h3-4,7H,1-2,5-6,8H2,(H,17,19). The van der Waals surface area contributed by atoms with Crippen LogP contribution < -0.4 is 10.2 Å². The minimum atomic E-state index is -0.749. The Morgan fingerprint density at radius 3 is 2.55 bits per heavy atom. The number of amides is 2. The molecule has 1 aliphatic heterocycles. The molecule has 2 aliphatic rings. The lowest BCUT2D eigenvalue weighted by atomic mass is 9.92. The van der Waals surface area contributed by atoms with Gasteiger partial charge in [-0.15, -0.1) is 0 Å².